The molecule has 4 nitrogen and oxygen atoms in total. The molecular weight excluding hydrogens is 204 g/mol. The molecule has 88 valence electrons. The number of carbonyl (C=O) groups excluding carboxylic acids is 1. The van der Waals surface area contributed by atoms with Crippen LogP contribution in [0.1, 0.15) is 29.0 Å². The summed E-state index contributed by atoms with van der Waals surface area (Å²) in [6.45, 7) is 3.38. The number of carbonyl (C=O) groups is 1. The Kier molecular flexibility index (Phi) is 2.10. The third kappa shape index (κ3) is 1.84. The number of nitrogens with zero attached hydrogens (tertiary/aromatic N) is 2. The molecule has 0 N–H and O–H groups in total. The molecule has 0 bridgehead atoms. The highest BCUT2D eigenvalue weighted by molar-refractivity contribution is 5.74. The van der Waals surface area contributed by atoms with Crippen molar-refractivity contribution in [1.82, 2.24) is 9.55 Å². The zero-order valence-corrected chi connectivity index (χ0v) is 9.83. The van der Waals surface area contributed by atoms with Crippen molar-refractivity contribution in [2.75, 3.05) is 6.61 Å². The van der Waals surface area contributed by atoms with Gasteiger partial charge in [0, 0.05) is 27.5 Å². The normalized spacial score (nSPS) is 36.7. The number of rotatable bonds is 3. The molecule has 0 amide bonds. The van der Waals surface area contributed by atoms with E-state index < -0.39 is 17.8 Å². The second kappa shape index (κ2) is 4.28. The summed E-state index contributed by atoms with van der Waals surface area (Å²) in [6.07, 6.45) is 0.440. The summed E-state index contributed by atoms with van der Waals surface area (Å²) in [5, 5.41) is 0. The van der Waals surface area contributed by atoms with Crippen LogP contribution in [0.4, 0.5) is 0 Å². The van der Waals surface area contributed by atoms with Crippen LogP contribution in [-0.4, -0.2) is 22.1 Å². The molecule has 2 heterocycles. The summed E-state index contributed by atoms with van der Waals surface area (Å²) in [4.78, 5) is 15.7. The molecule has 1 aliphatic rings. The van der Waals surface area contributed by atoms with Gasteiger partial charge < -0.3 is 9.30 Å². The Balaban J connectivity index is 2.39. The van der Waals surface area contributed by atoms with Crippen LogP contribution in [0.5, 0.6) is 0 Å². The first kappa shape index (κ1) is 7.87. The van der Waals surface area contributed by atoms with Gasteiger partial charge in [-0.2, -0.15) is 0 Å². The smallest absolute Gasteiger partial charge is 0.309 e. The molecule has 0 unspecified atom stereocenters. The Morgan fingerprint density at radius 1 is 1.81 bits per heavy atom. The minimum atomic E-state index is -1.57. The Bertz CT molecular complexity index is 531. The summed E-state index contributed by atoms with van der Waals surface area (Å²) in [5.74, 6) is -2.90. The van der Waals surface area contributed by atoms with Crippen LogP contribution in [0.3, 0.4) is 0 Å². The number of ether oxygens (including phenoxy) is 1. The van der Waals surface area contributed by atoms with Gasteiger partial charge in [0.05, 0.1) is 13.9 Å². The van der Waals surface area contributed by atoms with Gasteiger partial charge in [0.2, 0.25) is 0 Å². The van der Waals surface area contributed by atoms with Crippen molar-refractivity contribution < 1.29 is 13.6 Å². The molecule has 1 fully saturated rings. The van der Waals surface area contributed by atoms with E-state index in [1.54, 1.807) is 25.5 Å². The monoisotopic (exact) mass is 225 g/mol. The van der Waals surface area contributed by atoms with Crippen molar-refractivity contribution in [2.45, 2.75) is 26.7 Å². The second-order valence-corrected chi connectivity index (χ2v) is 3.97. The van der Waals surface area contributed by atoms with Crippen LogP contribution >= 0.6 is 0 Å². The molecule has 0 aromatic carbocycles. The van der Waals surface area contributed by atoms with Gasteiger partial charge in [-0.15, -0.1) is 0 Å². The van der Waals surface area contributed by atoms with Crippen LogP contribution in [0.2, 0.25) is 0 Å². The van der Waals surface area contributed by atoms with Crippen molar-refractivity contribution in [3.05, 3.63) is 17.7 Å². The first-order chi connectivity index (χ1) is 8.75. The molecule has 0 spiro atoms. The van der Waals surface area contributed by atoms with Crippen molar-refractivity contribution in [3.8, 4) is 0 Å². The molecule has 4 heteroatoms. The molecule has 16 heavy (non-hydrogen) atoms. The Morgan fingerprint density at radius 2 is 2.56 bits per heavy atom. The van der Waals surface area contributed by atoms with Gasteiger partial charge in [-0.25, -0.2) is 4.98 Å². The molecule has 2 atom stereocenters. The molecule has 1 aliphatic heterocycles. The van der Waals surface area contributed by atoms with Gasteiger partial charge >= 0.3 is 5.97 Å². The number of hydrogen-bond donors (Lipinski definition) is 0. The van der Waals surface area contributed by atoms with Crippen molar-refractivity contribution in [3.63, 3.8) is 0 Å². The van der Waals surface area contributed by atoms with Gasteiger partial charge in [-0.05, 0) is 19.8 Å². The van der Waals surface area contributed by atoms with Crippen molar-refractivity contribution in [2.24, 2.45) is 18.8 Å². The van der Waals surface area contributed by atoms with Crippen LogP contribution in [0.25, 0.3) is 0 Å². The largest absolute Gasteiger partial charge is 0.465 e. The van der Waals surface area contributed by atoms with E-state index in [1.807, 2.05) is 0 Å². The lowest BCUT2D eigenvalue weighted by Crippen LogP contribution is -2.18. The maximum absolute atomic E-state index is 11.7. The average Bonchev–Trinajstić information content (AvgIpc) is 2.73. The van der Waals surface area contributed by atoms with E-state index in [1.165, 1.54) is 0 Å². The molecule has 1 saturated heterocycles. The quantitative estimate of drug-likeness (QED) is 0.732. The number of hydrogen-bond acceptors (Lipinski definition) is 3. The third-order valence-electron chi connectivity index (χ3n) is 3.02. The number of imidazole rings is 1. The first-order valence-electron chi connectivity index (χ1n) is 6.91. The SMILES string of the molecule is [2H]c1nc(C)n(C)c1C[C@@]1([2H])COC(=O)[C@@]1([2H])CC. The van der Waals surface area contributed by atoms with Crippen LogP contribution < -0.4 is 0 Å². The van der Waals surface area contributed by atoms with Crippen LogP contribution in [-0.2, 0) is 23.0 Å². The maximum atomic E-state index is 11.7. The lowest BCUT2D eigenvalue weighted by atomic mass is 9.89. The number of esters is 1. The zero-order valence-electron chi connectivity index (χ0n) is 12.8. The van der Waals surface area contributed by atoms with Gasteiger partial charge in [-0.1, -0.05) is 6.92 Å². The molecule has 0 saturated carbocycles. The average molecular weight is 225 g/mol. The van der Waals surface area contributed by atoms with Gasteiger partial charge in [-0.3, -0.25) is 4.79 Å². The highest BCUT2D eigenvalue weighted by Crippen LogP contribution is 2.28. The van der Waals surface area contributed by atoms with E-state index in [2.05, 4.69) is 4.98 Å². The summed E-state index contributed by atoms with van der Waals surface area (Å²) in [7, 11) is 1.77. The number of cyclic esters (lactones) is 1. The summed E-state index contributed by atoms with van der Waals surface area (Å²) >= 11 is 0. The Morgan fingerprint density at radius 3 is 3.12 bits per heavy atom. The molecule has 2 rings (SSSR count). The minimum Gasteiger partial charge on any atom is -0.465 e. The predicted molar refractivity (Wildman–Crippen MR) is 59.9 cm³/mol. The molecule has 0 radical (unpaired) electrons. The summed E-state index contributed by atoms with van der Waals surface area (Å²) < 4.78 is 31.2. The summed E-state index contributed by atoms with van der Waals surface area (Å²) in [6, 6.07) is 0. The van der Waals surface area contributed by atoms with E-state index in [-0.39, 0.29) is 25.6 Å². The first-order valence-corrected chi connectivity index (χ1v) is 5.41. The summed E-state index contributed by atoms with van der Waals surface area (Å²) in [5.41, 5.74) is 0.566. The van der Waals surface area contributed by atoms with Crippen LogP contribution in [0.15, 0.2) is 6.17 Å². The van der Waals surface area contributed by atoms with Gasteiger partial charge in [0.1, 0.15) is 5.82 Å². The maximum Gasteiger partial charge on any atom is 0.309 e. The zero-order chi connectivity index (χ0) is 14.4. The Hall–Kier alpha value is -1.32. The Labute approximate surface area is 99.8 Å². The standard InChI is InChI=1S/C12H18N2O2/c1-4-11-9(7-16-12(11)15)5-10-6-13-8(2)14(10)3/h6,9,11H,4-5,7H2,1-3H3/t9-,11-/m0/s1/i6D,9D,11D. The predicted octanol–water partition coefficient (Wildman–Crippen LogP) is 1.47. The topological polar surface area (TPSA) is 44.1 Å². The lowest BCUT2D eigenvalue weighted by Gasteiger charge is -2.13. The molecule has 0 aliphatic carbocycles. The van der Waals surface area contributed by atoms with E-state index in [9.17, 15) is 4.79 Å². The van der Waals surface area contributed by atoms with Crippen molar-refractivity contribution >= 4 is 5.97 Å². The van der Waals surface area contributed by atoms with E-state index in [0.29, 0.717) is 11.5 Å². The lowest BCUT2D eigenvalue weighted by molar-refractivity contribution is -0.141. The van der Waals surface area contributed by atoms with E-state index >= 15 is 0 Å². The molecule has 1 aromatic rings. The fourth-order valence-electron chi connectivity index (χ4n) is 1.87. The fraction of sp³-hybridized carbons (Fsp3) is 0.667. The van der Waals surface area contributed by atoms with E-state index in [0.717, 1.165) is 0 Å². The molecule has 1 aromatic heterocycles. The fourth-order valence-corrected chi connectivity index (χ4v) is 1.87. The minimum absolute atomic E-state index is 0.101. The highest BCUT2D eigenvalue weighted by Gasteiger charge is 2.35. The van der Waals surface area contributed by atoms with Gasteiger partial charge in [0.25, 0.3) is 0 Å². The number of aromatic nitrogens is 2. The third-order valence-corrected chi connectivity index (χ3v) is 3.02. The van der Waals surface area contributed by atoms with Crippen LogP contribution in [0, 0.1) is 18.7 Å². The second-order valence-electron chi connectivity index (χ2n) is 3.97. The van der Waals surface area contributed by atoms with Gasteiger partial charge in [0.15, 0.2) is 0 Å². The van der Waals surface area contributed by atoms with E-state index in [4.69, 9.17) is 8.85 Å². The molecular formula is C12H18N2O2. The van der Waals surface area contributed by atoms with Crippen molar-refractivity contribution in [1.29, 1.82) is 0 Å². The highest BCUT2D eigenvalue weighted by atomic mass is 16.5. The number of aryl methyl sites for hydroxylation is 1.